The van der Waals surface area contributed by atoms with Crippen molar-refractivity contribution in [1.29, 1.82) is 0 Å². The van der Waals surface area contributed by atoms with Crippen LogP contribution in [0.3, 0.4) is 0 Å². The smallest absolute Gasteiger partial charge is 0.220 e. The van der Waals surface area contributed by atoms with E-state index in [9.17, 15) is 9.18 Å². The molecule has 0 aromatic heterocycles. The van der Waals surface area contributed by atoms with E-state index in [1.807, 2.05) is 0 Å². The van der Waals surface area contributed by atoms with Crippen LogP contribution >= 0.6 is 0 Å². The number of rotatable bonds is 5. The monoisotopic (exact) mass is 261 g/mol. The van der Waals surface area contributed by atoms with Gasteiger partial charge in [0, 0.05) is 13.0 Å². The molecule has 0 bridgehead atoms. The van der Waals surface area contributed by atoms with Gasteiger partial charge in [-0.2, -0.15) is 0 Å². The fraction of sp³-hybridized carbons (Fsp3) is 0.438. The Morgan fingerprint density at radius 1 is 1.21 bits per heavy atom. The number of aryl methyl sites for hydroxylation is 1. The zero-order chi connectivity index (χ0) is 13.5. The van der Waals surface area contributed by atoms with E-state index >= 15 is 0 Å². The van der Waals surface area contributed by atoms with Crippen LogP contribution in [0, 0.1) is 5.82 Å². The molecule has 0 fully saturated rings. The molecule has 0 spiro atoms. The van der Waals surface area contributed by atoms with Crippen molar-refractivity contribution in [3.05, 3.63) is 47.3 Å². The summed E-state index contributed by atoms with van der Waals surface area (Å²) < 4.78 is 12.7. The minimum atomic E-state index is -0.238. The van der Waals surface area contributed by atoms with Crippen molar-refractivity contribution in [2.24, 2.45) is 0 Å². The molecule has 0 heterocycles. The van der Waals surface area contributed by atoms with Crippen LogP contribution in [0.25, 0.3) is 0 Å². The van der Waals surface area contributed by atoms with E-state index in [4.69, 9.17) is 0 Å². The zero-order valence-corrected chi connectivity index (χ0v) is 11.1. The summed E-state index contributed by atoms with van der Waals surface area (Å²) in [5.74, 6) is -0.173. The first-order chi connectivity index (χ1) is 9.24. The van der Waals surface area contributed by atoms with Crippen molar-refractivity contribution in [2.75, 3.05) is 6.54 Å². The van der Waals surface area contributed by atoms with E-state index in [-0.39, 0.29) is 11.7 Å². The summed E-state index contributed by atoms with van der Waals surface area (Å²) in [6, 6.07) is 6.32. The van der Waals surface area contributed by atoms with Crippen LogP contribution in [-0.4, -0.2) is 12.5 Å². The largest absolute Gasteiger partial charge is 0.352 e. The SMILES string of the molecule is O=C(CCc1ccc(F)cc1)NCC1=CCCCC1. The van der Waals surface area contributed by atoms with Crippen LogP contribution in [0.5, 0.6) is 0 Å². The molecular weight excluding hydrogens is 241 g/mol. The maximum absolute atomic E-state index is 12.7. The van der Waals surface area contributed by atoms with Crippen LogP contribution in [0.1, 0.15) is 37.7 Å². The van der Waals surface area contributed by atoms with Crippen molar-refractivity contribution >= 4 is 5.91 Å². The Morgan fingerprint density at radius 2 is 2.00 bits per heavy atom. The van der Waals surface area contributed by atoms with Gasteiger partial charge in [-0.15, -0.1) is 0 Å². The molecule has 2 rings (SSSR count). The minimum Gasteiger partial charge on any atom is -0.352 e. The molecule has 1 aromatic rings. The van der Waals surface area contributed by atoms with Gasteiger partial charge < -0.3 is 5.32 Å². The number of allylic oxidation sites excluding steroid dienone is 1. The Bertz CT molecular complexity index is 450. The summed E-state index contributed by atoms with van der Waals surface area (Å²) in [7, 11) is 0. The Labute approximate surface area is 113 Å². The van der Waals surface area contributed by atoms with E-state index in [0.29, 0.717) is 19.4 Å². The lowest BCUT2D eigenvalue weighted by Gasteiger charge is -2.13. The quantitative estimate of drug-likeness (QED) is 0.809. The van der Waals surface area contributed by atoms with Crippen LogP contribution in [0.2, 0.25) is 0 Å². The molecule has 1 N–H and O–H groups in total. The lowest BCUT2D eigenvalue weighted by atomic mass is 9.99. The number of carbonyl (C=O) groups excluding carboxylic acids is 1. The molecule has 0 unspecified atom stereocenters. The van der Waals surface area contributed by atoms with Crippen molar-refractivity contribution < 1.29 is 9.18 Å². The van der Waals surface area contributed by atoms with Gasteiger partial charge in [-0.1, -0.05) is 23.8 Å². The second-order valence-corrected chi connectivity index (χ2v) is 5.01. The van der Waals surface area contributed by atoms with Crippen molar-refractivity contribution in [3.63, 3.8) is 0 Å². The number of hydrogen-bond acceptors (Lipinski definition) is 1. The third kappa shape index (κ3) is 4.86. The molecule has 1 aliphatic rings. The summed E-state index contributed by atoms with van der Waals surface area (Å²) in [6.07, 6.45) is 8.10. The molecule has 1 amide bonds. The maximum Gasteiger partial charge on any atom is 0.220 e. The number of halogens is 1. The van der Waals surface area contributed by atoms with E-state index in [1.54, 1.807) is 12.1 Å². The fourth-order valence-corrected chi connectivity index (χ4v) is 2.27. The van der Waals surface area contributed by atoms with E-state index in [0.717, 1.165) is 18.4 Å². The number of amides is 1. The van der Waals surface area contributed by atoms with E-state index in [2.05, 4.69) is 11.4 Å². The highest BCUT2D eigenvalue weighted by molar-refractivity contribution is 5.76. The summed E-state index contributed by atoms with van der Waals surface area (Å²) >= 11 is 0. The highest BCUT2D eigenvalue weighted by atomic mass is 19.1. The molecule has 19 heavy (non-hydrogen) atoms. The third-order valence-electron chi connectivity index (χ3n) is 3.45. The molecular formula is C16H20FNO. The third-order valence-corrected chi connectivity index (χ3v) is 3.45. The predicted molar refractivity (Wildman–Crippen MR) is 74.3 cm³/mol. The molecule has 0 atom stereocenters. The Morgan fingerprint density at radius 3 is 2.68 bits per heavy atom. The van der Waals surface area contributed by atoms with E-state index < -0.39 is 0 Å². The van der Waals surface area contributed by atoms with Gasteiger partial charge in [0.25, 0.3) is 0 Å². The zero-order valence-electron chi connectivity index (χ0n) is 11.1. The minimum absolute atomic E-state index is 0.0656. The summed E-state index contributed by atoms with van der Waals surface area (Å²) in [5, 5.41) is 2.95. The molecule has 0 saturated heterocycles. The van der Waals surface area contributed by atoms with Crippen molar-refractivity contribution in [3.8, 4) is 0 Å². The second-order valence-electron chi connectivity index (χ2n) is 5.01. The normalized spacial score (nSPS) is 14.9. The fourth-order valence-electron chi connectivity index (χ4n) is 2.27. The van der Waals surface area contributed by atoms with Crippen LogP contribution in [0.15, 0.2) is 35.9 Å². The van der Waals surface area contributed by atoms with Gasteiger partial charge in [0.2, 0.25) is 5.91 Å². The highest BCUT2D eigenvalue weighted by Gasteiger charge is 2.06. The summed E-state index contributed by atoms with van der Waals surface area (Å²) in [6.45, 7) is 0.683. The molecule has 0 saturated carbocycles. The summed E-state index contributed by atoms with van der Waals surface area (Å²) in [4.78, 5) is 11.7. The molecule has 0 radical (unpaired) electrons. The highest BCUT2D eigenvalue weighted by Crippen LogP contribution is 2.16. The maximum atomic E-state index is 12.7. The molecule has 1 aliphatic carbocycles. The molecule has 2 nitrogen and oxygen atoms in total. The standard InChI is InChI=1S/C16H20FNO/c17-15-9-6-13(7-10-15)8-11-16(19)18-12-14-4-2-1-3-5-14/h4,6-7,9-10H,1-3,5,8,11-12H2,(H,18,19). The van der Waals surface area contributed by atoms with Gasteiger partial charge in [0.15, 0.2) is 0 Å². The Kier molecular flexibility index (Phi) is 5.13. The lowest BCUT2D eigenvalue weighted by Crippen LogP contribution is -2.26. The topological polar surface area (TPSA) is 29.1 Å². The first-order valence-electron chi connectivity index (χ1n) is 6.93. The van der Waals surface area contributed by atoms with Crippen LogP contribution < -0.4 is 5.32 Å². The number of nitrogens with one attached hydrogen (secondary N) is 1. The van der Waals surface area contributed by atoms with Crippen LogP contribution in [0.4, 0.5) is 4.39 Å². The Balaban J connectivity index is 1.69. The number of hydrogen-bond donors (Lipinski definition) is 1. The molecule has 0 aliphatic heterocycles. The van der Waals surface area contributed by atoms with E-state index in [1.165, 1.54) is 30.5 Å². The number of carbonyl (C=O) groups is 1. The summed E-state index contributed by atoms with van der Waals surface area (Å²) in [5.41, 5.74) is 2.34. The predicted octanol–water partition coefficient (Wildman–Crippen LogP) is 3.37. The molecule has 1 aromatic carbocycles. The first kappa shape index (κ1) is 13.8. The van der Waals surface area contributed by atoms with Gasteiger partial charge in [0.05, 0.1) is 0 Å². The average molecular weight is 261 g/mol. The first-order valence-corrected chi connectivity index (χ1v) is 6.93. The van der Waals surface area contributed by atoms with Crippen LogP contribution in [-0.2, 0) is 11.2 Å². The second kappa shape index (κ2) is 7.07. The number of benzene rings is 1. The average Bonchev–Trinajstić information content (AvgIpc) is 2.45. The van der Waals surface area contributed by atoms with Crippen molar-refractivity contribution in [1.82, 2.24) is 5.32 Å². The Hall–Kier alpha value is -1.64. The van der Waals surface area contributed by atoms with Gasteiger partial charge in [-0.25, -0.2) is 4.39 Å². The molecule has 102 valence electrons. The molecule has 3 heteroatoms. The van der Waals surface area contributed by atoms with Gasteiger partial charge >= 0.3 is 0 Å². The van der Waals surface area contributed by atoms with Gasteiger partial charge in [0.1, 0.15) is 5.82 Å². The van der Waals surface area contributed by atoms with Crippen molar-refractivity contribution in [2.45, 2.75) is 38.5 Å². The lowest BCUT2D eigenvalue weighted by molar-refractivity contribution is -0.120. The van der Waals surface area contributed by atoms with Gasteiger partial charge in [-0.3, -0.25) is 4.79 Å². The van der Waals surface area contributed by atoms with Gasteiger partial charge in [-0.05, 0) is 49.8 Å².